The second-order valence-corrected chi connectivity index (χ2v) is 8.49. The van der Waals surface area contributed by atoms with Crippen LogP contribution in [-0.2, 0) is 5.41 Å². The molecule has 0 radical (unpaired) electrons. The van der Waals surface area contributed by atoms with Crippen LogP contribution in [-0.4, -0.2) is 48.8 Å². The third-order valence-corrected chi connectivity index (χ3v) is 6.79. The number of carbonyl (C=O) groups excluding carboxylic acids is 1. The SMILES string of the molecule is COc1cc([C@@]23CC[C@@H](NC(=O)Nc4ccc(F)c(F)c4)C[C@@H]2N(C)CC3)ccc1O.Cl. The number of amides is 2. The molecule has 9 heteroatoms. The largest absolute Gasteiger partial charge is 0.504 e. The standard InChI is InChI=1S/C23H27F2N3O3.ClH/c1-28-10-9-23(14-3-6-19(29)20(11-14)31-2)8-7-16(13-21(23)28)27-22(30)26-15-4-5-17(24)18(25)12-15;/h3-6,11-12,16,21,29H,7-10,13H2,1-2H3,(H2,26,27,30);1H/t16-,21+,23+;/m1./s1. The molecule has 2 aromatic carbocycles. The normalized spacial score (nSPS) is 24.9. The molecule has 0 aromatic heterocycles. The molecule has 1 heterocycles. The molecule has 3 N–H and O–H groups in total. The molecule has 1 aliphatic carbocycles. The van der Waals surface area contributed by atoms with Crippen LogP contribution >= 0.6 is 12.4 Å². The van der Waals surface area contributed by atoms with Crippen molar-refractivity contribution in [2.75, 3.05) is 26.0 Å². The highest BCUT2D eigenvalue weighted by atomic mass is 35.5. The van der Waals surface area contributed by atoms with Gasteiger partial charge < -0.3 is 25.4 Å². The van der Waals surface area contributed by atoms with Crippen molar-refractivity contribution in [3.05, 3.63) is 53.6 Å². The Kier molecular flexibility index (Phi) is 7.15. The highest BCUT2D eigenvalue weighted by Crippen LogP contribution is 2.49. The maximum Gasteiger partial charge on any atom is 0.319 e. The molecule has 6 nitrogen and oxygen atoms in total. The Bertz CT molecular complexity index is 993. The quantitative estimate of drug-likeness (QED) is 0.622. The van der Waals surface area contributed by atoms with E-state index in [0.717, 1.165) is 49.9 Å². The van der Waals surface area contributed by atoms with Crippen molar-refractivity contribution in [1.29, 1.82) is 0 Å². The Labute approximate surface area is 192 Å². The number of urea groups is 1. The number of carbonyl (C=O) groups is 1. The Hall–Kier alpha value is -2.58. The van der Waals surface area contributed by atoms with Gasteiger partial charge >= 0.3 is 6.03 Å². The molecule has 1 aliphatic heterocycles. The van der Waals surface area contributed by atoms with Gasteiger partial charge in [0.25, 0.3) is 0 Å². The summed E-state index contributed by atoms with van der Waals surface area (Å²) in [6, 6.07) is 8.59. The highest BCUT2D eigenvalue weighted by Gasteiger charge is 2.50. The molecule has 2 fully saturated rings. The summed E-state index contributed by atoms with van der Waals surface area (Å²) in [6.45, 7) is 0.946. The molecule has 2 aromatic rings. The van der Waals surface area contributed by atoms with Gasteiger partial charge in [-0.05, 0) is 69.1 Å². The predicted molar refractivity (Wildman–Crippen MR) is 121 cm³/mol. The second kappa shape index (κ2) is 9.50. The molecule has 1 saturated heterocycles. The van der Waals surface area contributed by atoms with Crippen LogP contribution in [0.2, 0.25) is 0 Å². The van der Waals surface area contributed by atoms with Crippen molar-refractivity contribution in [3.63, 3.8) is 0 Å². The number of likely N-dealkylation sites (tertiary alicyclic amines) is 1. The predicted octanol–water partition coefficient (Wildman–Crippen LogP) is 4.42. The van der Waals surface area contributed by atoms with Gasteiger partial charge in [0.05, 0.1) is 7.11 Å². The van der Waals surface area contributed by atoms with Gasteiger partial charge in [-0.1, -0.05) is 6.07 Å². The van der Waals surface area contributed by atoms with Gasteiger partial charge in [0.2, 0.25) is 0 Å². The molecular formula is C23H28ClF2N3O3. The lowest BCUT2D eigenvalue weighted by Gasteiger charge is -2.45. The number of fused-ring (bicyclic) bond motifs is 1. The molecule has 2 aliphatic rings. The van der Waals surface area contributed by atoms with Crippen molar-refractivity contribution in [2.24, 2.45) is 0 Å². The Morgan fingerprint density at radius 1 is 1.19 bits per heavy atom. The highest BCUT2D eigenvalue weighted by molar-refractivity contribution is 5.89. The minimum absolute atomic E-state index is 0. The summed E-state index contributed by atoms with van der Waals surface area (Å²) in [4.78, 5) is 14.7. The van der Waals surface area contributed by atoms with Gasteiger partial charge in [-0.15, -0.1) is 12.4 Å². The van der Waals surface area contributed by atoms with Crippen LogP contribution in [0.5, 0.6) is 11.5 Å². The molecule has 0 unspecified atom stereocenters. The lowest BCUT2D eigenvalue weighted by atomic mass is 9.65. The number of ether oxygens (including phenoxy) is 1. The Morgan fingerprint density at radius 3 is 2.69 bits per heavy atom. The number of rotatable bonds is 4. The first kappa shape index (κ1) is 24.1. The van der Waals surface area contributed by atoms with E-state index in [9.17, 15) is 18.7 Å². The van der Waals surface area contributed by atoms with E-state index in [0.29, 0.717) is 5.75 Å². The average molecular weight is 468 g/mol. The Balaban J connectivity index is 0.00000289. The van der Waals surface area contributed by atoms with Crippen LogP contribution < -0.4 is 15.4 Å². The summed E-state index contributed by atoms with van der Waals surface area (Å²) in [6.07, 6.45) is 3.44. The molecule has 0 spiro atoms. The number of anilines is 1. The molecule has 32 heavy (non-hydrogen) atoms. The minimum atomic E-state index is -1.00. The lowest BCUT2D eigenvalue weighted by Crippen LogP contribution is -2.52. The van der Waals surface area contributed by atoms with E-state index in [2.05, 4.69) is 22.6 Å². The number of benzene rings is 2. The van der Waals surface area contributed by atoms with Gasteiger partial charge in [-0.25, -0.2) is 13.6 Å². The fraction of sp³-hybridized carbons (Fsp3) is 0.435. The van der Waals surface area contributed by atoms with Crippen LogP contribution in [0, 0.1) is 11.6 Å². The lowest BCUT2D eigenvalue weighted by molar-refractivity contribution is 0.156. The average Bonchev–Trinajstić information content (AvgIpc) is 3.08. The van der Waals surface area contributed by atoms with Gasteiger partial charge in [0.15, 0.2) is 23.1 Å². The van der Waals surface area contributed by atoms with Crippen molar-refractivity contribution >= 4 is 24.1 Å². The molecule has 1 saturated carbocycles. The first-order chi connectivity index (χ1) is 14.8. The number of aromatic hydroxyl groups is 1. The van der Waals surface area contributed by atoms with Gasteiger partial charge in [-0.3, -0.25) is 0 Å². The monoisotopic (exact) mass is 467 g/mol. The molecule has 0 bridgehead atoms. The van der Waals surface area contributed by atoms with Gasteiger partial charge in [-0.2, -0.15) is 0 Å². The van der Waals surface area contributed by atoms with E-state index in [1.165, 1.54) is 6.07 Å². The number of nitrogens with one attached hydrogen (secondary N) is 2. The number of phenols is 1. The number of hydrogen-bond acceptors (Lipinski definition) is 4. The van der Waals surface area contributed by atoms with Crippen LogP contribution in [0.1, 0.15) is 31.2 Å². The maximum atomic E-state index is 13.4. The number of methoxy groups -OCH3 is 1. The summed E-state index contributed by atoms with van der Waals surface area (Å²) in [7, 11) is 3.63. The van der Waals surface area contributed by atoms with Crippen molar-refractivity contribution in [1.82, 2.24) is 10.2 Å². The number of likely N-dealkylation sites (N-methyl/N-ethyl adjacent to an activating group) is 1. The first-order valence-corrected chi connectivity index (χ1v) is 10.4. The summed E-state index contributed by atoms with van der Waals surface area (Å²) < 4.78 is 31.8. The fourth-order valence-electron chi connectivity index (χ4n) is 5.16. The molecule has 3 atom stereocenters. The second-order valence-electron chi connectivity index (χ2n) is 8.49. The van der Waals surface area contributed by atoms with Crippen LogP contribution in [0.4, 0.5) is 19.3 Å². The van der Waals surface area contributed by atoms with Gasteiger partial charge in [0, 0.05) is 29.3 Å². The van der Waals surface area contributed by atoms with E-state index in [4.69, 9.17) is 4.74 Å². The van der Waals surface area contributed by atoms with E-state index in [1.54, 1.807) is 13.2 Å². The smallest absolute Gasteiger partial charge is 0.319 e. The molecular weight excluding hydrogens is 440 g/mol. The summed E-state index contributed by atoms with van der Waals surface area (Å²) in [5.74, 6) is -1.37. The molecule has 4 rings (SSSR count). The van der Waals surface area contributed by atoms with Crippen molar-refractivity contribution in [3.8, 4) is 11.5 Å². The third kappa shape index (κ3) is 4.47. The van der Waals surface area contributed by atoms with Crippen molar-refractivity contribution in [2.45, 2.75) is 43.2 Å². The fourth-order valence-corrected chi connectivity index (χ4v) is 5.16. The summed E-state index contributed by atoms with van der Waals surface area (Å²) in [5.41, 5.74) is 1.28. The number of halogens is 3. The molecule has 2 amide bonds. The zero-order valence-corrected chi connectivity index (χ0v) is 18.8. The van der Waals surface area contributed by atoms with Crippen molar-refractivity contribution < 1.29 is 23.4 Å². The van der Waals surface area contributed by atoms with Crippen LogP contribution in [0.3, 0.4) is 0 Å². The number of phenolic OH excluding ortho intramolecular Hbond substituents is 1. The van der Waals surface area contributed by atoms with Gasteiger partial charge in [0.1, 0.15) is 0 Å². The van der Waals surface area contributed by atoms with E-state index in [1.807, 2.05) is 12.1 Å². The van der Waals surface area contributed by atoms with E-state index in [-0.39, 0.29) is 41.3 Å². The zero-order valence-electron chi connectivity index (χ0n) is 18.0. The Morgan fingerprint density at radius 2 is 1.97 bits per heavy atom. The third-order valence-electron chi connectivity index (χ3n) is 6.79. The van der Waals surface area contributed by atoms with E-state index >= 15 is 0 Å². The van der Waals surface area contributed by atoms with E-state index < -0.39 is 17.7 Å². The zero-order chi connectivity index (χ0) is 22.2. The number of nitrogens with zero attached hydrogens (tertiary/aromatic N) is 1. The first-order valence-electron chi connectivity index (χ1n) is 10.4. The molecule has 174 valence electrons. The van der Waals surface area contributed by atoms with Crippen LogP contribution in [0.15, 0.2) is 36.4 Å². The minimum Gasteiger partial charge on any atom is -0.504 e. The summed E-state index contributed by atoms with van der Waals surface area (Å²) >= 11 is 0. The number of hydrogen-bond donors (Lipinski definition) is 3. The summed E-state index contributed by atoms with van der Waals surface area (Å²) in [5, 5.41) is 15.5. The maximum absolute atomic E-state index is 13.4. The van der Waals surface area contributed by atoms with Crippen LogP contribution in [0.25, 0.3) is 0 Å². The topological polar surface area (TPSA) is 73.8 Å².